The molecule has 3 aromatic rings. The van der Waals surface area contributed by atoms with Gasteiger partial charge in [0.1, 0.15) is 17.4 Å². The minimum Gasteiger partial charge on any atom is -0.495 e. The molecule has 3 rings (SSSR count). The number of hydrogen-bond donors (Lipinski definition) is 2. The molecule has 0 saturated carbocycles. The average molecular weight is 386 g/mol. The molecule has 0 saturated heterocycles. The lowest BCUT2D eigenvalue weighted by Crippen LogP contribution is -2.22. The van der Waals surface area contributed by atoms with E-state index in [2.05, 4.69) is 15.6 Å². The van der Waals surface area contributed by atoms with Crippen molar-refractivity contribution in [2.75, 3.05) is 12.4 Å². The third-order valence-corrected chi connectivity index (χ3v) is 4.05. The average Bonchev–Trinajstić information content (AvgIpc) is 2.68. The summed E-state index contributed by atoms with van der Waals surface area (Å²) in [6, 6.07) is 14.5. The van der Waals surface area contributed by atoms with E-state index < -0.39 is 0 Å². The van der Waals surface area contributed by atoms with Gasteiger partial charge in [-0.2, -0.15) is 0 Å². The Bertz CT molecular complexity index is 931. The molecule has 1 heterocycles. The summed E-state index contributed by atoms with van der Waals surface area (Å²) in [5.74, 6) is 0.598. The van der Waals surface area contributed by atoms with Gasteiger partial charge in [-0.15, -0.1) is 0 Å². The third kappa shape index (κ3) is 4.95. The minimum absolute atomic E-state index is 0.265. The van der Waals surface area contributed by atoms with Crippen LogP contribution in [0.1, 0.15) is 15.9 Å². The molecule has 2 N–H and O–H groups in total. The van der Waals surface area contributed by atoms with E-state index in [4.69, 9.17) is 16.3 Å². The number of nitrogens with zero attached hydrogens (tertiary/aromatic N) is 1. The highest BCUT2D eigenvalue weighted by Crippen LogP contribution is 2.29. The summed E-state index contributed by atoms with van der Waals surface area (Å²) in [5.41, 5.74) is 1.90. The predicted molar refractivity (Wildman–Crippen MR) is 103 cm³/mol. The van der Waals surface area contributed by atoms with Crippen LogP contribution < -0.4 is 15.4 Å². The van der Waals surface area contributed by atoms with Crippen molar-refractivity contribution in [3.05, 3.63) is 82.8 Å². The summed E-state index contributed by atoms with van der Waals surface area (Å²) in [6.07, 6.45) is 1.47. The van der Waals surface area contributed by atoms with Crippen LogP contribution in [0.2, 0.25) is 5.02 Å². The van der Waals surface area contributed by atoms with Crippen molar-refractivity contribution in [1.29, 1.82) is 0 Å². The Morgan fingerprint density at radius 2 is 1.93 bits per heavy atom. The van der Waals surface area contributed by atoms with Crippen LogP contribution in [0.3, 0.4) is 0 Å². The molecule has 7 heteroatoms. The van der Waals surface area contributed by atoms with Crippen molar-refractivity contribution >= 4 is 29.0 Å². The Kier molecular flexibility index (Phi) is 5.88. The summed E-state index contributed by atoms with van der Waals surface area (Å²) >= 11 is 6.01. The van der Waals surface area contributed by atoms with Gasteiger partial charge in [-0.05, 0) is 48.0 Å². The smallest absolute Gasteiger partial charge is 0.253 e. The summed E-state index contributed by atoms with van der Waals surface area (Å²) in [5, 5.41) is 6.44. The Labute approximate surface area is 161 Å². The standard InChI is InChI=1S/C20H17ClFN3O2/c1-27-18-8-5-15(21)10-17(18)25-19-9-4-14(12-23-19)20(26)24-11-13-2-6-16(22)7-3-13/h2-10,12H,11H2,1H3,(H,23,25)(H,24,26). The molecular weight excluding hydrogens is 369 g/mol. The highest BCUT2D eigenvalue weighted by atomic mass is 35.5. The van der Waals surface area contributed by atoms with Gasteiger partial charge in [-0.1, -0.05) is 23.7 Å². The van der Waals surface area contributed by atoms with Gasteiger partial charge >= 0.3 is 0 Å². The molecular formula is C20H17ClFN3O2. The first-order valence-electron chi connectivity index (χ1n) is 8.14. The fourth-order valence-corrected chi connectivity index (χ4v) is 2.58. The van der Waals surface area contributed by atoms with Gasteiger partial charge in [0.15, 0.2) is 0 Å². The zero-order chi connectivity index (χ0) is 19.2. The first-order valence-corrected chi connectivity index (χ1v) is 8.52. The van der Waals surface area contributed by atoms with Crippen LogP contribution in [-0.4, -0.2) is 18.0 Å². The van der Waals surface area contributed by atoms with Crippen LogP contribution in [-0.2, 0) is 6.54 Å². The van der Waals surface area contributed by atoms with Crippen molar-refractivity contribution in [2.45, 2.75) is 6.54 Å². The number of rotatable bonds is 6. The lowest BCUT2D eigenvalue weighted by molar-refractivity contribution is 0.0950. The number of aromatic nitrogens is 1. The molecule has 0 radical (unpaired) electrons. The normalized spacial score (nSPS) is 10.3. The van der Waals surface area contributed by atoms with Crippen molar-refractivity contribution < 1.29 is 13.9 Å². The summed E-state index contributed by atoms with van der Waals surface area (Å²) in [4.78, 5) is 16.5. The largest absolute Gasteiger partial charge is 0.495 e. The van der Waals surface area contributed by atoms with Crippen LogP contribution in [0.4, 0.5) is 15.9 Å². The van der Waals surface area contributed by atoms with E-state index in [1.54, 1.807) is 49.6 Å². The van der Waals surface area contributed by atoms with Gasteiger partial charge < -0.3 is 15.4 Å². The number of hydrogen-bond acceptors (Lipinski definition) is 4. The molecule has 0 aliphatic rings. The fourth-order valence-electron chi connectivity index (χ4n) is 2.40. The number of nitrogens with one attached hydrogen (secondary N) is 2. The zero-order valence-electron chi connectivity index (χ0n) is 14.5. The highest BCUT2D eigenvalue weighted by Gasteiger charge is 2.08. The Morgan fingerprint density at radius 1 is 1.15 bits per heavy atom. The maximum Gasteiger partial charge on any atom is 0.253 e. The molecule has 138 valence electrons. The molecule has 2 aromatic carbocycles. The number of halogens is 2. The van der Waals surface area contributed by atoms with Crippen molar-refractivity contribution in [3.63, 3.8) is 0 Å². The number of amides is 1. The maximum atomic E-state index is 12.9. The molecule has 0 fully saturated rings. The first-order chi connectivity index (χ1) is 13.0. The lowest BCUT2D eigenvalue weighted by atomic mass is 10.2. The number of anilines is 2. The first kappa shape index (κ1) is 18.7. The highest BCUT2D eigenvalue weighted by molar-refractivity contribution is 6.31. The van der Waals surface area contributed by atoms with Crippen LogP contribution in [0.5, 0.6) is 5.75 Å². The van der Waals surface area contributed by atoms with Crippen molar-refractivity contribution in [3.8, 4) is 5.75 Å². The molecule has 0 aliphatic carbocycles. The summed E-state index contributed by atoms with van der Waals surface area (Å²) < 4.78 is 18.2. The quantitative estimate of drug-likeness (QED) is 0.653. The minimum atomic E-state index is -0.311. The number of carbonyl (C=O) groups is 1. The third-order valence-electron chi connectivity index (χ3n) is 3.82. The monoisotopic (exact) mass is 385 g/mol. The number of pyridine rings is 1. The number of methoxy groups -OCH3 is 1. The molecule has 0 spiro atoms. The second-order valence-electron chi connectivity index (χ2n) is 5.71. The summed E-state index contributed by atoms with van der Waals surface area (Å²) in [6.45, 7) is 0.304. The molecule has 1 aromatic heterocycles. The van der Waals surface area contributed by atoms with Crippen molar-refractivity contribution in [1.82, 2.24) is 10.3 Å². The fraction of sp³-hybridized carbons (Fsp3) is 0.100. The molecule has 27 heavy (non-hydrogen) atoms. The van der Waals surface area contributed by atoms with E-state index in [9.17, 15) is 9.18 Å². The van der Waals surface area contributed by atoms with Crippen LogP contribution in [0.25, 0.3) is 0 Å². The molecule has 0 atom stereocenters. The van der Waals surface area contributed by atoms with E-state index in [-0.39, 0.29) is 11.7 Å². The van der Waals surface area contributed by atoms with Crippen LogP contribution in [0, 0.1) is 5.82 Å². The molecule has 0 aliphatic heterocycles. The number of ether oxygens (including phenoxy) is 1. The van der Waals surface area contributed by atoms with E-state index in [1.807, 2.05) is 0 Å². The second-order valence-corrected chi connectivity index (χ2v) is 6.15. The van der Waals surface area contributed by atoms with Crippen LogP contribution in [0.15, 0.2) is 60.8 Å². The maximum absolute atomic E-state index is 12.9. The lowest BCUT2D eigenvalue weighted by Gasteiger charge is -2.11. The molecule has 0 bridgehead atoms. The molecule has 5 nitrogen and oxygen atoms in total. The Morgan fingerprint density at radius 3 is 2.59 bits per heavy atom. The van der Waals surface area contributed by atoms with E-state index in [0.29, 0.717) is 34.4 Å². The molecule has 1 amide bonds. The molecule has 0 unspecified atom stereocenters. The topological polar surface area (TPSA) is 63.2 Å². The van der Waals surface area contributed by atoms with E-state index in [0.717, 1.165) is 5.56 Å². The summed E-state index contributed by atoms with van der Waals surface area (Å²) in [7, 11) is 1.57. The van der Waals surface area contributed by atoms with Gasteiger partial charge in [-0.25, -0.2) is 9.37 Å². The van der Waals surface area contributed by atoms with E-state index >= 15 is 0 Å². The second kappa shape index (κ2) is 8.51. The van der Waals surface area contributed by atoms with Gasteiger partial charge in [0.25, 0.3) is 5.91 Å². The van der Waals surface area contributed by atoms with Gasteiger partial charge in [0, 0.05) is 17.8 Å². The SMILES string of the molecule is COc1ccc(Cl)cc1Nc1ccc(C(=O)NCc2ccc(F)cc2)cn1. The van der Waals surface area contributed by atoms with Crippen molar-refractivity contribution in [2.24, 2.45) is 0 Å². The Balaban J connectivity index is 1.63. The van der Waals surface area contributed by atoms with Gasteiger partial charge in [0.05, 0.1) is 18.4 Å². The number of carbonyl (C=O) groups excluding carboxylic acids is 1. The van der Waals surface area contributed by atoms with E-state index in [1.165, 1.54) is 18.3 Å². The van der Waals surface area contributed by atoms with Gasteiger partial charge in [-0.3, -0.25) is 4.79 Å². The predicted octanol–water partition coefficient (Wildman–Crippen LogP) is 4.56. The number of benzene rings is 2. The van der Waals surface area contributed by atoms with Crippen LogP contribution >= 0.6 is 11.6 Å². The Hall–Kier alpha value is -3.12. The zero-order valence-corrected chi connectivity index (χ0v) is 15.3. The van der Waals surface area contributed by atoms with Gasteiger partial charge in [0.2, 0.25) is 0 Å².